The molecule has 1 fully saturated rings. The number of rotatable bonds is 3. The zero-order chi connectivity index (χ0) is 20.6. The summed E-state index contributed by atoms with van der Waals surface area (Å²) >= 11 is 0. The highest BCUT2D eigenvalue weighted by atomic mass is 32.2. The molecule has 8 heteroatoms. The van der Waals surface area contributed by atoms with Gasteiger partial charge < -0.3 is 14.5 Å². The molecule has 1 amide bonds. The first-order valence-corrected chi connectivity index (χ1v) is 10.9. The Labute approximate surface area is 169 Å². The fourth-order valence-corrected chi connectivity index (χ4v) is 5.00. The van der Waals surface area contributed by atoms with E-state index < -0.39 is 21.6 Å². The Morgan fingerprint density at radius 2 is 1.79 bits per heavy atom. The number of amides is 1. The molecule has 0 aliphatic carbocycles. The maximum Gasteiger partial charge on any atom is 0.267 e. The third-order valence-corrected chi connectivity index (χ3v) is 6.92. The van der Waals surface area contributed by atoms with Gasteiger partial charge in [0.2, 0.25) is 9.84 Å². The molecule has 0 atom stereocenters. The summed E-state index contributed by atoms with van der Waals surface area (Å²) in [6.45, 7) is 3.42. The average molecular weight is 416 g/mol. The fraction of sp³-hybridized carbons (Fsp3) is 0.286. The van der Waals surface area contributed by atoms with Gasteiger partial charge in [0.05, 0.1) is 23.8 Å². The van der Waals surface area contributed by atoms with Crippen molar-refractivity contribution in [3.8, 4) is 0 Å². The highest BCUT2D eigenvalue weighted by molar-refractivity contribution is 7.96. The summed E-state index contributed by atoms with van der Waals surface area (Å²) in [5.41, 5.74) is 1.95. The maximum atomic E-state index is 14.0. The second-order valence-electron chi connectivity index (χ2n) is 6.90. The monoisotopic (exact) mass is 416 g/mol. The first-order chi connectivity index (χ1) is 13.9. The standard InChI is InChI=1S/C21H21FN2O4S/c1-2-15-3-6-17(7-4-15)24-14-20(21(25)23-9-11-28-12-10-23)29(26,27)19-8-5-16(22)13-18(19)24/h3-8,13-14H,2,9-12H2,1H3. The molecule has 1 saturated heterocycles. The molecule has 2 aliphatic rings. The minimum atomic E-state index is -4.08. The van der Waals surface area contributed by atoms with Gasteiger partial charge >= 0.3 is 0 Å². The first kappa shape index (κ1) is 19.6. The van der Waals surface area contributed by atoms with Crippen LogP contribution in [0.1, 0.15) is 12.5 Å². The number of hydrogen-bond donors (Lipinski definition) is 0. The normalized spacial score (nSPS) is 18.2. The zero-order valence-corrected chi connectivity index (χ0v) is 16.8. The topological polar surface area (TPSA) is 66.9 Å². The summed E-state index contributed by atoms with van der Waals surface area (Å²) in [5.74, 6) is -1.12. The quantitative estimate of drug-likeness (QED) is 0.720. The Kier molecular flexibility index (Phi) is 5.14. The number of ether oxygens (including phenoxy) is 1. The molecule has 2 aliphatic heterocycles. The zero-order valence-electron chi connectivity index (χ0n) is 16.0. The predicted octanol–water partition coefficient (Wildman–Crippen LogP) is 3.01. The molecule has 0 N–H and O–H groups in total. The van der Waals surface area contributed by atoms with Gasteiger partial charge in [-0.05, 0) is 42.3 Å². The van der Waals surface area contributed by atoms with Crippen molar-refractivity contribution in [2.24, 2.45) is 0 Å². The van der Waals surface area contributed by atoms with Crippen LogP contribution >= 0.6 is 0 Å². The maximum absolute atomic E-state index is 14.0. The summed E-state index contributed by atoms with van der Waals surface area (Å²) in [4.78, 5) is 15.7. The van der Waals surface area contributed by atoms with Crippen LogP contribution in [0.25, 0.3) is 0 Å². The van der Waals surface area contributed by atoms with Crippen molar-refractivity contribution in [1.82, 2.24) is 4.90 Å². The number of benzene rings is 2. The van der Waals surface area contributed by atoms with Crippen molar-refractivity contribution in [2.75, 3.05) is 31.2 Å². The van der Waals surface area contributed by atoms with E-state index in [0.717, 1.165) is 18.1 Å². The van der Waals surface area contributed by atoms with Crippen molar-refractivity contribution in [3.05, 3.63) is 65.0 Å². The van der Waals surface area contributed by atoms with E-state index in [9.17, 15) is 17.6 Å². The van der Waals surface area contributed by atoms with Crippen LogP contribution in [-0.2, 0) is 25.8 Å². The van der Waals surface area contributed by atoms with E-state index in [0.29, 0.717) is 32.0 Å². The van der Waals surface area contributed by atoms with Gasteiger partial charge in [0.15, 0.2) is 4.91 Å². The summed E-state index contributed by atoms with van der Waals surface area (Å²) in [6.07, 6.45) is 2.16. The summed E-state index contributed by atoms with van der Waals surface area (Å²) < 4.78 is 45.6. The van der Waals surface area contributed by atoms with E-state index >= 15 is 0 Å². The van der Waals surface area contributed by atoms with Crippen molar-refractivity contribution in [2.45, 2.75) is 18.2 Å². The van der Waals surface area contributed by atoms with E-state index in [1.165, 1.54) is 23.2 Å². The molecular formula is C21H21FN2O4S. The van der Waals surface area contributed by atoms with Crippen LogP contribution < -0.4 is 4.90 Å². The number of halogens is 1. The molecule has 152 valence electrons. The van der Waals surface area contributed by atoms with Gasteiger partial charge in [0.25, 0.3) is 5.91 Å². The molecule has 0 spiro atoms. The average Bonchev–Trinajstić information content (AvgIpc) is 2.74. The number of carbonyl (C=O) groups excluding carboxylic acids is 1. The van der Waals surface area contributed by atoms with Gasteiger partial charge in [-0.3, -0.25) is 4.79 Å². The van der Waals surface area contributed by atoms with Crippen LogP contribution in [0.2, 0.25) is 0 Å². The number of anilines is 2. The van der Waals surface area contributed by atoms with Gasteiger partial charge in [0, 0.05) is 25.0 Å². The van der Waals surface area contributed by atoms with E-state index in [2.05, 4.69) is 0 Å². The molecule has 0 radical (unpaired) electrons. The third-order valence-electron chi connectivity index (χ3n) is 5.14. The Bertz CT molecular complexity index is 1070. The molecule has 4 rings (SSSR count). The lowest BCUT2D eigenvalue weighted by Gasteiger charge is -2.32. The minimum absolute atomic E-state index is 0.0856. The van der Waals surface area contributed by atoms with E-state index in [1.807, 2.05) is 31.2 Å². The van der Waals surface area contributed by atoms with Gasteiger partial charge in [-0.2, -0.15) is 0 Å². The molecule has 0 aromatic heterocycles. The first-order valence-electron chi connectivity index (χ1n) is 9.43. The highest BCUT2D eigenvalue weighted by Gasteiger charge is 2.38. The van der Waals surface area contributed by atoms with E-state index in [-0.39, 0.29) is 15.5 Å². The Balaban J connectivity index is 1.85. The smallest absolute Gasteiger partial charge is 0.267 e. The van der Waals surface area contributed by atoms with Crippen LogP contribution in [0.5, 0.6) is 0 Å². The van der Waals surface area contributed by atoms with Crippen LogP contribution in [0, 0.1) is 5.82 Å². The molecule has 2 aromatic rings. The van der Waals surface area contributed by atoms with Crippen molar-refractivity contribution in [3.63, 3.8) is 0 Å². The molecule has 2 aromatic carbocycles. The number of nitrogens with zero attached hydrogens (tertiary/aromatic N) is 2. The highest BCUT2D eigenvalue weighted by Crippen LogP contribution is 2.40. The lowest BCUT2D eigenvalue weighted by Crippen LogP contribution is -2.43. The largest absolute Gasteiger partial charge is 0.378 e. The van der Waals surface area contributed by atoms with Gasteiger partial charge in [0.1, 0.15) is 5.82 Å². The molecule has 0 bridgehead atoms. The van der Waals surface area contributed by atoms with E-state index in [4.69, 9.17) is 4.74 Å². The Hall–Kier alpha value is -2.71. The van der Waals surface area contributed by atoms with Crippen LogP contribution in [0.4, 0.5) is 15.8 Å². The van der Waals surface area contributed by atoms with Gasteiger partial charge in [-0.25, -0.2) is 12.8 Å². The summed E-state index contributed by atoms with van der Waals surface area (Å²) in [6, 6.07) is 11.0. The van der Waals surface area contributed by atoms with Crippen LogP contribution in [0.3, 0.4) is 0 Å². The predicted molar refractivity (Wildman–Crippen MR) is 107 cm³/mol. The molecule has 29 heavy (non-hydrogen) atoms. The van der Waals surface area contributed by atoms with Crippen molar-refractivity contribution >= 4 is 27.1 Å². The Morgan fingerprint density at radius 3 is 2.45 bits per heavy atom. The number of carbonyl (C=O) groups is 1. The van der Waals surface area contributed by atoms with Crippen molar-refractivity contribution in [1.29, 1.82) is 0 Å². The molecule has 0 unspecified atom stereocenters. The Morgan fingerprint density at radius 1 is 1.10 bits per heavy atom. The lowest BCUT2D eigenvalue weighted by atomic mass is 10.1. The SMILES string of the molecule is CCc1ccc(N2C=C(C(=O)N3CCOCC3)S(=O)(=O)c3ccc(F)cc32)cc1. The summed E-state index contributed by atoms with van der Waals surface area (Å²) in [7, 11) is -4.08. The minimum Gasteiger partial charge on any atom is -0.378 e. The van der Waals surface area contributed by atoms with Gasteiger partial charge in [-0.15, -0.1) is 0 Å². The summed E-state index contributed by atoms with van der Waals surface area (Å²) in [5, 5.41) is 0. The number of hydrogen-bond acceptors (Lipinski definition) is 5. The van der Waals surface area contributed by atoms with Crippen LogP contribution in [-0.4, -0.2) is 45.5 Å². The number of aryl methyl sites for hydroxylation is 1. The molecule has 0 saturated carbocycles. The van der Waals surface area contributed by atoms with Crippen molar-refractivity contribution < 1.29 is 22.3 Å². The van der Waals surface area contributed by atoms with Crippen LogP contribution in [0.15, 0.2) is 58.5 Å². The third kappa shape index (κ3) is 3.54. The molecular weight excluding hydrogens is 395 g/mol. The molecule has 2 heterocycles. The lowest BCUT2D eigenvalue weighted by molar-refractivity contribution is -0.130. The number of fused-ring (bicyclic) bond motifs is 1. The van der Waals surface area contributed by atoms with Gasteiger partial charge in [-0.1, -0.05) is 19.1 Å². The number of morpholine rings is 1. The second-order valence-corrected chi connectivity index (χ2v) is 8.79. The fourth-order valence-electron chi connectivity index (χ4n) is 3.48. The van der Waals surface area contributed by atoms with E-state index in [1.54, 1.807) is 4.90 Å². The molecule has 6 nitrogen and oxygen atoms in total. The number of sulfone groups is 1. The second kappa shape index (κ2) is 7.61.